The molecule has 2 amide bonds. The number of halogens is 1. The van der Waals surface area contributed by atoms with Crippen molar-refractivity contribution in [2.75, 3.05) is 19.6 Å². The molecule has 0 atom stereocenters. The minimum Gasteiger partial charge on any atom is -0.356 e. The van der Waals surface area contributed by atoms with Gasteiger partial charge in [-0.3, -0.25) is 9.59 Å². The smallest absolute Gasteiger partial charge is 0.255 e. The van der Waals surface area contributed by atoms with E-state index in [-0.39, 0.29) is 17.2 Å². The van der Waals surface area contributed by atoms with Crippen LogP contribution in [0.5, 0.6) is 0 Å². The predicted octanol–water partition coefficient (Wildman–Crippen LogP) is 2.50. The van der Waals surface area contributed by atoms with Crippen LogP contribution < -0.4 is 5.32 Å². The van der Waals surface area contributed by atoms with E-state index in [0.717, 1.165) is 48.1 Å². The average molecular weight is 351 g/mol. The maximum atomic E-state index is 12.7. The van der Waals surface area contributed by atoms with Gasteiger partial charge in [0.05, 0.1) is 5.56 Å². The van der Waals surface area contributed by atoms with Crippen LogP contribution >= 0.6 is 15.9 Å². The monoisotopic (exact) mass is 350 g/mol. The number of carbonyl (C=O) groups excluding carboxylic acids is 2. The van der Waals surface area contributed by atoms with Crippen molar-refractivity contribution in [2.24, 2.45) is 5.41 Å². The SMILES string of the molecule is Cc1ccc(Br)c(C(=O)N2CCC3(CC2)CNC(=O)C3)c1. The Kier molecular flexibility index (Phi) is 3.78. The fraction of sp³-hybridized carbons (Fsp3) is 0.500. The quantitative estimate of drug-likeness (QED) is 0.845. The Balaban J connectivity index is 1.70. The van der Waals surface area contributed by atoms with Crippen LogP contribution in [0.1, 0.15) is 35.2 Å². The lowest BCUT2D eigenvalue weighted by molar-refractivity contribution is -0.119. The molecule has 2 aliphatic heterocycles. The molecule has 2 heterocycles. The summed E-state index contributed by atoms with van der Waals surface area (Å²) >= 11 is 3.46. The molecule has 0 aliphatic carbocycles. The van der Waals surface area contributed by atoms with Crippen LogP contribution in [0.15, 0.2) is 22.7 Å². The number of aryl methyl sites for hydroxylation is 1. The van der Waals surface area contributed by atoms with Crippen LogP contribution in [0.3, 0.4) is 0 Å². The van der Waals surface area contributed by atoms with Crippen molar-refractivity contribution in [2.45, 2.75) is 26.2 Å². The molecule has 4 nitrogen and oxygen atoms in total. The normalized spacial score (nSPS) is 20.7. The summed E-state index contributed by atoms with van der Waals surface area (Å²) in [5.41, 5.74) is 1.89. The van der Waals surface area contributed by atoms with Crippen molar-refractivity contribution in [1.82, 2.24) is 10.2 Å². The molecule has 3 rings (SSSR count). The van der Waals surface area contributed by atoms with Crippen molar-refractivity contribution >= 4 is 27.7 Å². The molecular weight excluding hydrogens is 332 g/mol. The number of nitrogens with one attached hydrogen (secondary N) is 1. The van der Waals surface area contributed by atoms with Crippen LogP contribution in [-0.4, -0.2) is 36.3 Å². The Morgan fingerprint density at radius 3 is 2.67 bits per heavy atom. The summed E-state index contributed by atoms with van der Waals surface area (Å²) in [6, 6.07) is 5.84. The predicted molar refractivity (Wildman–Crippen MR) is 84.1 cm³/mol. The van der Waals surface area contributed by atoms with E-state index in [1.165, 1.54) is 0 Å². The highest BCUT2D eigenvalue weighted by Gasteiger charge is 2.41. The molecule has 2 aliphatic rings. The summed E-state index contributed by atoms with van der Waals surface area (Å²) in [6.45, 7) is 4.22. The minimum absolute atomic E-state index is 0.0811. The van der Waals surface area contributed by atoms with Gasteiger partial charge in [-0.05, 0) is 53.2 Å². The second-order valence-electron chi connectivity index (χ2n) is 6.23. The molecule has 21 heavy (non-hydrogen) atoms. The molecule has 0 radical (unpaired) electrons. The van der Waals surface area contributed by atoms with E-state index < -0.39 is 0 Å². The Bertz CT molecular complexity index is 592. The number of amides is 2. The Hall–Kier alpha value is -1.36. The summed E-state index contributed by atoms with van der Waals surface area (Å²) in [5, 5.41) is 2.92. The number of likely N-dealkylation sites (tertiary alicyclic amines) is 1. The maximum Gasteiger partial charge on any atom is 0.255 e. The van der Waals surface area contributed by atoms with Gasteiger partial charge in [0.15, 0.2) is 0 Å². The third-order valence-electron chi connectivity index (χ3n) is 4.66. The minimum atomic E-state index is 0.0811. The zero-order valence-electron chi connectivity index (χ0n) is 12.1. The molecule has 1 spiro atoms. The number of hydrogen-bond acceptors (Lipinski definition) is 2. The van der Waals surface area contributed by atoms with E-state index in [2.05, 4.69) is 21.2 Å². The van der Waals surface area contributed by atoms with E-state index in [0.29, 0.717) is 6.42 Å². The molecule has 5 heteroatoms. The standard InChI is InChI=1S/C16H19BrN2O2/c1-11-2-3-13(17)12(8-11)15(21)19-6-4-16(5-7-19)9-14(20)18-10-16/h2-3,8H,4-7,9-10H2,1H3,(H,18,20). The van der Waals surface area contributed by atoms with Gasteiger partial charge in [0, 0.05) is 30.5 Å². The molecule has 0 aromatic heterocycles. The largest absolute Gasteiger partial charge is 0.356 e. The number of piperidine rings is 1. The fourth-order valence-corrected chi connectivity index (χ4v) is 3.68. The number of hydrogen-bond donors (Lipinski definition) is 1. The topological polar surface area (TPSA) is 49.4 Å². The highest BCUT2D eigenvalue weighted by atomic mass is 79.9. The summed E-state index contributed by atoms with van der Waals surface area (Å²) in [5.74, 6) is 0.230. The lowest BCUT2D eigenvalue weighted by Crippen LogP contribution is -2.44. The van der Waals surface area contributed by atoms with Gasteiger partial charge in [0.1, 0.15) is 0 Å². The lowest BCUT2D eigenvalue weighted by Gasteiger charge is -2.38. The molecule has 2 fully saturated rings. The average Bonchev–Trinajstić information content (AvgIpc) is 2.83. The van der Waals surface area contributed by atoms with Gasteiger partial charge in [0.2, 0.25) is 5.91 Å². The molecule has 0 saturated carbocycles. The van der Waals surface area contributed by atoms with Crippen LogP contribution in [0, 0.1) is 12.3 Å². The van der Waals surface area contributed by atoms with E-state index in [4.69, 9.17) is 0 Å². The van der Waals surface area contributed by atoms with E-state index in [9.17, 15) is 9.59 Å². The van der Waals surface area contributed by atoms with Crippen molar-refractivity contribution < 1.29 is 9.59 Å². The first-order chi connectivity index (χ1) is 9.99. The molecule has 0 unspecified atom stereocenters. The first-order valence-corrected chi connectivity index (χ1v) is 8.11. The Morgan fingerprint density at radius 1 is 1.33 bits per heavy atom. The van der Waals surface area contributed by atoms with E-state index in [1.807, 2.05) is 30.0 Å². The summed E-state index contributed by atoms with van der Waals surface area (Å²) in [4.78, 5) is 26.0. The van der Waals surface area contributed by atoms with E-state index >= 15 is 0 Å². The fourth-order valence-electron chi connectivity index (χ4n) is 3.26. The van der Waals surface area contributed by atoms with Crippen molar-refractivity contribution in [3.8, 4) is 0 Å². The van der Waals surface area contributed by atoms with Gasteiger partial charge in [-0.25, -0.2) is 0 Å². The molecule has 1 aromatic carbocycles. The molecular formula is C16H19BrN2O2. The number of nitrogens with zero attached hydrogens (tertiary/aromatic N) is 1. The molecule has 2 saturated heterocycles. The second-order valence-corrected chi connectivity index (χ2v) is 7.08. The number of benzene rings is 1. The van der Waals surface area contributed by atoms with Crippen molar-refractivity contribution in [3.05, 3.63) is 33.8 Å². The van der Waals surface area contributed by atoms with Gasteiger partial charge < -0.3 is 10.2 Å². The number of carbonyl (C=O) groups is 2. The zero-order chi connectivity index (χ0) is 15.0. The Morgan fingerprint density at radius 2 is 2.05 bits per heavy atom. The van der Waals surface area contributed by atoms with Crippen LogP contribution in [0.25, 0.3) is 0 Å². The summed E-state index contributed by atoms with van der Waals surface area (Å²) < 4.78 is 0.844. The van der Waals surface area contributed by atoms with Gasteiger partial charge in [0.25, 0.3) is 5.91 Å². The maximum absolute atomic E-state index is 12.7. The van der Waals surface area contributed by atoms with Gasteiger partial charge >= 0.3 is 0 Å². The molecule has 112 valence electrons. The molecule has 0 bridgehead atoms. The summed E-state index contributed by atoms with van der Waals surface area (Å²) in [7, 11) is 0. The molecule has 1 aromatic rings. The lowest BCUT2D eigenvalue weighted by atomic mass is 9.77. The Labute approximate surface area is 133 Å². The first kappa shape index (κ1) is 14.6. The molecule has 1 N–H and O–H groups in total. The van der Waals surface area contributed by atoms with Crippen molar-refractivity contribution in [3.63, 3.8) is 0 Å². The van der Waals surface area contributed by atoms with Gasteiger partial charge in [-0.1, -0.05) is 11.6 Å². The second kappa shape index (κ2) is 5.44. The highest BCUT2D eigenvalue weighted by Crippen LogP contribution is 2.38. The highest BCUT2D eigenvalue weighted by molar-refractivity contribution is 9.10. The van der Waals surface area contributed by atoms with Crippen LogP contribution in [0.2, 0.25) is 0 Å². The van der Waals surface area contributed by atoms with E-state index in [1.54, 1.807) is 0 Å². The van der Waals surface area contributed by atoms with Gasteiger partial charge in [-0.2, -0.15) is 0 Å². The van der Waals surface area contributed by atoms with Crippen LogP contribution in [-0.2, 0) is 4.79 Å². The third-order valence-corrected chi connectivity index (χ3v) is 5.35. The zero-order valence-corrected chi connectivity index (χ0v) is 13.7. The van der Waals surface area contributed by atoms with Crippen molar-refractivity contribution in [1.29, 1.82) is 0 Å². The first-order valence-electron chi connectivity index (χ1n) is 7.31. The van der Waals surface area contributed by atoms with Gasteiger partial charge in [-0.15, -0.1) is 0 Å². The summed E-state index contributed by atoms with van der Waals surface area (Å²) in [6.07, 6.45) is 2.42. The third kappa shape index (κ3) is 2.84. The van der Waals surface area contributed by atoms with Crippen LogP contribution in [0.4, 0.5) is 0 Å². The number of rotatable bonds is 1.